The van der Waals surface area contributed by atoms with Crippen LogP contribution >= 0.6 is 0 Å². The number of methoxy groups -OCH3 is 1. The zero-order valence-electron chi connectivity index (χ0n) is 22.2. The fourth-order valence-electron chi connectivity index (χ4n) is 3.40. The zero-order valence-corrected chi connectivity index (χ0v) is 22.2. The van der Waals surface area contributed by atoms with E-state index in [-0.39, 0.29) is 41.3 Å². The Kier molecular flexibility index (Phi) is 8.80. The van der Waals surface area contributed by atoms with Gasteiger partial charge in [0.25, 0.3) is 11.9 Å². The van der Waals surface area contributed by atoms with E-state index >= 15 is 0 Å². The number of nitriles is 1. The summed E-state index contributed by atoms with van der Waals surface area (Å²) in [4.78, 5) is 37.2. The van der Waals surface area contributed by atoms with Crippen molar-refractivity contribution in [2.75, 3.05) is 19.0 Å². The average Bonchev–Trinajstić information content (AvgIpc) is 3.43. The first-order valence-corrected chi connectivity index (χ1v) is 11.9. The fourth-order valence-corrected chi connectivity index (χ4v) is 3.40. The Morgan fingerprint density at radius 2 is 2.05 bits per heavy atom. The molecule has 0 spiro atoms. The lowest BCUT2D eigenvalue weighted by molar-refractivity contribution is 0.0947. The van der Waals surface area contributed by atoms with Gasteiger partial charge in [-0.25, -0.2) is 24.3 Å². The first kappa shape index (κ1) is 28.2. The zero-order chi connectivity index (χ0) is 29.4. The van der Waals surface area contributed by atoms with E-state index in [0.29, 0.717) is 17.3 Å². The van der Waals surface area contributed by atoms with Gasteiger partial charge >= 0.3 is 5.89 Å². The second kappa shape index (κ2) is 12.8. The van der Waals surface area contributed by atoms with E-state index in [4.69, 9.17) is 14.5 Å². The molecule has 0 bridgehead atoms. The smallest absolute Gasteiger partial charge is 0.330 e. The summed E-state index contributed by atoms with van der Waals surface area (Å²) in [7, 11) is 1.53. The number of amides is 1. The minimum atomic E-state index is -0.844. The van der Waals surface area contributed by atoms with E-state index in [2.05, 4.69) is 52.4 Å². The minimum absolute atomic E-state index is 0.0245. The number of anilines is 2. The summed E-state index contributed by atoms with van der Waals surface area (Å²) in [6, 6.07) is 7.96. The molecule has 0 radical (unpaired) electrons. The number of allylic oxidation sites excluding steroid dienone is 2. The molecule has 0 fully saturated rings. The standard InChI is InChI=1S/C27H23FN10O3/c1-15(5-7-20(30-3)17-6-8-22(40-4)31-13-17)12-33-26(39)24-19(28)10-18(14-32-24)25-34-16(2)9-21(35-25)36-27-37-23(11-29)41-38-27/h5-10,13-14H,3,12H2,1-2,4H3,(H,33,39)(H,34,35,36,38)/b15-5+,20-7-. The molecule has 14 heteroatoms. The van der Waals surface area contributed by atoms with Crippen LogP contribution < -0.4 is 15.4 Å². The molecular weight excluding hydrogens is 531 g/mol. The summed E-state index contributed by atoms with van der Waals surface area (Å²) in [5.41, 5.74) is 2.51. The Bertz CT molecular complexity index is 1690. The van der Waals surface area contributed by atoms with Crippen molar-refractivity contribution in [3.63, 3.8) is 0 Å². The number of carbonyl (C=O) groups excluding carboxylic acids is 1. The number of hydrogen-bond donors (Lipinski definition) is 2. The molecule has 0 aromatic carbocycles. The number of aromatic nitrogens is 6. The highest BCUT2D eigenvalue weighted by Crippen LogP contribution is 2.21. The highest BCUT2D eigenvalue weighted by Gasteiger charge is 2.16. The molecule has 0 unspecified atom stereocenters. The van der Waals surface area contributed by atoms with E-state index in [1.165, 1.54) is 13.3 Å². The number of nitrogens with zero attached hydrogens (tertiary/aromatic N) is 8. The van der Waals surface area contributed by atoms with Gasteiger partial charge < -0.3 is 19.9 Å². The van der Waals surface area contributed by atoms with Crippen LogP contribution in [0, 0.1) is 24.1 Å². The molecule has 0 atom stereocenters. The number of hydrogen-bond acceptors (Lipinski definition) is 12. The van der Waals surface area contributed by atoms with Crippen LogP contribution in [0.15, 0.2) is 63.9 Å². The third-order valence-corrected chi connectivity index (χ3v) is 5.40. The molecule has 4 heterocycles. The number of halogens is 1. The summed E-state index contributed by atoms with van der Waals surface area (Å²) in [6.45, 7) is 7.24. The molecule has 0 saturated heterocycles. The van der Waals surface area contributed by atoms with Crippen LogP contribution in [0.3, 0.4) is 0 Å². The molecule has 0 aliphatic heterocycles. The third kappa shape index (κ3) is 7.18. The Hall–Kier alpha value is -5.84. The number of carbonyl (C=O) groups is 1. The van der Waals surface area contributed by atoms with Crippen molar-refractivity contribution < 1.29 is 18.4 Å². The summed E-state index contributed by atoms with van der Waals surface area (Å²) >= 11 is 0. The average molecular weight is 555 g/mol. The number of aryl methyl sites for hydroxylation is 1. The van der Waals surface area contributed by atoms with E-state index in [0.717, 1.165) is 17.2 Å². The molecule has 0 aliphatic carbocycles. The van der Waals surface area contributed by atoms with Gasteiger partial charge in [-0.3, -0.25) is 9.79 Å². The van der Waals surface area contributed by atoms with Crippen LogP contribution in [-0.2, 0) is 0 Å². The van der Waals surface area contributed by atoms with Crippen LogP contribution in [0.5, 0.6) is 5.88 Å². The van der Waals surface area contributed by atoms with Crippen molar-refractivity contribution in [1.82, 2.24) is 35.4 Å². The van der Waals surface area contributed by atoms with Crippen molar-refractivity contribution in [2.24, 2.45) is 4.99 Å². The normalized spacial score (nSPS) is 11.5. The summed E-state index contributed by atoms with van der Waals surface area (Å²) in [5, 5.41) is 17.9. The van der Waals surface area contributed by atoms with Crippen molar-refractivity contribution in [3.05, 3.63) is 83.0 Å². The minimum Gasteiger partial charge on any atom is -0.481 e. The maximum Gasteiger partial charge on any atom is 0.330 e. The topological polar surface area (TPSA) is 177 Å². The molecule has 1 amide bonds. The van der Waals surface area contributed by atoms with Gasteiger partial charge in [0.05, 0.1) is 12.8 Å². The maximum absolute atomic E-state index is 14.9. The first-order valence-electron chi connectivity index (χ1n) is 11.9. The maximum atomic E-state index is 14.9. The Morgan fingerprint density at radius 1 is 1.22 bits per heavy atom. The van der Waals surface area contributed by atoms with Crippen LogP contribution in [0.4, 0.5) is 16.2 Å². The lowest BCUT2D eigenvalue weighted by Gasteiger charge is -2.08. The number of rotatable bonds is 10. The molecule has 41 heavy (non-hydrogen) atoms. The van der Waals surface area contributed by atoms with E-state index in [1.807, 2.05) is 0 Å². The molecule has 2 N–H and O–H groups in total. The summed E-state index contributed by atoms with van der Waals surface area (Å²) in [6.07, 6.45) is 6.41. The van der Waals surface area contributed by atoms with Crippen molar-refractivity contribution in [3.8, 4) is 23.3 Å². The molecule has 0 aliphatic rings. The van der Waals surface area contributed by atoms with Gasteiger partial charge in [0.15, 0.2) is 23.4 Å². The molecular formula is C27H23FN10O3. The van der Waals surface area contributed by atoms with Gasteiger partial charge in [-0.15, -0.1) is 0 Å². The Morgan fingerprint density at radius 3 is 2.71 bits per heavy atom. The van der Waals surface area contributed by atoms with Gasteiger partial charge in [0.2, 0.25) is 5.88 Å². The Labute approximate surface area is 233 Å². The van der Waals surface area contributed by atoms with Gasteiger partial charge in [0.1, 0.15) is 5.82 Å². The van der Waals surface area contributed by atoms with E-state index in [9.17, 15) is 9.18 Å². The molecule has 0 saturated carbocycles. The predicted molar refractivity (Wildman–Crippen MR) is 147 cm³/mol. The van der Waals surface area contributed by atoms with Gasteiger partial charge in [0, 0.05) is 47.9 Å². The second-order valence-electron chi connectivity index (χ2n) is 8.43. The second-order valence-corrected chi connectivity index (χ2v) is 8.43. The fraction of sp³-hybridized carbons (Fsp3) is 0.148. The summed E-state index contributed by atoms with van der Waals surface area (Å²) in [5.74, 6) is -0.811. The quantitative estimate of drug-likeness (QED) is 0.215. The van der Waals surface area contributed by atoms with E-state index < -0.39 is 11.7 Å². The third-order valence-electron chi connectivity index (χ3n) is 5.40. The monoisotopic (exact) mass is 554 g/mol. The van der Waals surface area contributed by atoms with Crippen molar-refractivity contribution >= 4 is 30.1 Å². The number of pyridine rings is 2. The van der Waals surface area contributed by atoms with E-state index in [1.54, 1.807) is 56.5 Å². The van der Waals surface area contributed by atoms with Crippen LogP contribution in [0.25, 0.3) is 17.1 Å². The number of aliphatic imine (C=N–C) groups is 1. The number of nitrogens with one attached hydrogen (secondary N) is 2. The first-order chi connectivity index (χ1) is 19.8. The largest absolute Gasteiger partial charge is 0.481 e. The van der Waals surface area contributed by atoms with Crippen LogP contribution in [0.2, 0.25) is 0 Å². The molecule has 206 valence electrons. The van der Waals surface area contributed by atoms with Gasteiger partial charge in [-0.2, -0.15) is 10.2 Å². The van der Waals surface area contributed by atoms with Crippen LogP contribution in [0.1, 0.15) is 34.6 Å². The molecule has 13 nitrogen and oxygen atoms in total. The molecule has 4 aromatic rings. The van der Waals surface area contributed by atoms with Crippen LogP contribution in [-0.4, -0.2) is 56.4 Å². The lowest BCUT2D eigenvalue weighted by Crippen LogP contribution is -2.27. The van der Waals surface area contributed by atoms with Gasteiger partial charge in [-0.05, 0) is 43.9 Å². The molecule has 4 aromatic heterocycles. The van der Waals surface area contributed by atoms with Crippen molar-refractivity contribution in [1.29, 1.82) is 5.26 Å². The Balaban J connectivity index is 1.43. The SMILES string of the molecule is C=N/C(=C\C=C(/C)CNC(=O)c1ncc(-c2nc(C)cc(Nc3noc(C#N)n3)n2)cc1F)c1ccc(OC)nc1. The summed E-state index contributed by atoms with van der Waals surface area (Å²) < 4.78 is 24.7. The highest BCUT2D eigenvalue weighted by atomic mass is 19.1. The number of ether oxygens (including phenoxy) is 1. The molecule has 4 rings (SSSR count). The highest BCUT2D eigenvalue weighted by molar-refractivity contribution is 5.93. The van der Waals surface area contributed by atoms with Gasteiger partial charge in [-0.1, -0.05) is 11.6 Å². The lowest BCUT2D eigenvalue weighted by atomic mass is 10.1. The predicted octanol–water partition coefficient (Wildman–Crippen LogP) is 3.81. The van der Waals surface area contributed by atoms with Crippen molar-refractivity contribution in [2.45, 2.75) is 13.8 Å².